The van der Waals surface area contributed by atoms with Gasteiger partial charge in [-0.25, -0.2) is 0 Å². The number of aliphatic hydroxyl groups excluding tert-OH is 2. The first-order valence-electron chi connectivity index (χ1n) is 6.78. The number of nitrogens with one attached hydrogen (secondary N) is 1. The third kappa shape index (κ3) is 3.38. The monoisotopic (exact) mass is 271 g/mol. The zero-order valence-electron chi connectivity index (χ0n) is 11.7. The maximum absolute atomic E-state index is 9.35. The van der Waals surface area contributed by atoms with Crippen molar-refractivity contribution in [1.29, 1.82) is 0 Å². The summed E-state index contributed by atoms with van der Waals surface area (Å²) in [7, 11) is 0. The average molecular weight is 271 g/mol. The molecule has 0 heterocycles. The Bertz CT molecular complexity index is 536. The number of benzene rings is 2. The van der Waals surface area contributed by atoms with Crippen molar-refractivity contribution < 1.29 is 10.2 Å². The standard InChI is InChI=1S/C17H21NO2/c1-17(12-19,13-20)11-18-16-10-6-5-9-15(16)14-7-3-2-4-8-14/h2-10,18-20H,11-13H2,1H3. The number of aliphatic hydroxyl groups is 2. The lowest BCUT2D eigenvalue weighted by atomic mass is 9.92. The van der Waals surface area contributed by atoms with Gasteiger partial charge >= 0.3 is 0 Å². The van der Waals surface area contributed by atoms with Gasteiger partial charge in [0.2, 0.25) is 0 Å². The summed E-state index contributed by atoms with van der Waals surface area (Å²) >= 11 is 0. The van der Waals surface area contributed by atoms with Crippen LogP contribution in [0.3, 0.4) is 0 Å². The molecule has 0 aromatic heterocycles. The van der Waals surface area contributed by atoms with Crippen LogP contribution in [0.25, 0.3) is 11.1 Å². The third-order valence-electron chi connectivity index (χ3n) is 3.48. The van der Waals surface area contributed by atoms with Crippen LogP contribution >= 0.6 is 0 Å². The lowest BCUT2D eigenvalue weighted by Crippen LogP contribution is -2.34. The van der Waals surface area contributed by atoms with Crippen LogP contribution in [0, 0.1) is 5.41 Å². The van der Waals surface area contributed by atoms with Crippen molar-refractivity contribution in [2.24, 2.45) is 5.41 Å². The highest BCUT2D eigenvalue weighted by Crippen LogP contribution is 2.28. The Morgan fingerprint density at radius 1 is 0.900 bits per heavy atom. The maximum atomic E-state index is 9.35. The molecule has 2 aromatic carbocycles. The van der Waals surface area contributed by atoms with E-state index in [9.17, 15) is 10.2 Å². The van der Waals surface area contributed by atoms with Crippen molar-refractivity contribution in [2.75, 3.05) is 25.1 Å². The molecule has 0 saturated heterocycles. The van der Waals surface area contributed by atoms with E-state index < -0.39 is 5.41 Å². The Morgan fingerprint density at radius 3 is 2.15 bits per heavy atom. The Hall–Kier alpha value is -1.84. The first-order chi connectivity index (χ1) is 9.68. The Kier molecular flexibility index (Phi) is 4.77. The summed E-state index contributed by atoms with van der Waals surface area (Å²) in [5.74, 6) is 0. The first-order valence-corrected chi connectivity index (χ1v) is 6.78. The van der Waals surface area contributed by atoms with Gasteiger partial charge in [0, 0.05) is 23.2 Å². The van der Waals surface area contributed by atoms with Gasteiger partial charge in [0.25, 0.3) is 0 Å². The van der Waals surface area contributed by atoms with Gasteiger partial charge in [0.05, 0.1) is 13.2 Å². The van der Waals surface area contributed by atoms with Crippen LogP contribution in [-0.2, 0) is 0 Å². The van der Waals surface area contributed by atoms with Crippen LogP contribution in [0.1, 0.15) is 6.92 Å². The Balaban J connectivity index is 2.21. The van der Waals surface area contributed by atoms with Gasteiger partial charge in [0.1, 0.15) is 0 Å². The third-order valence-corrected chi connectivity index (χ3v) is 3.48. The molecule has 0 bridgehead atoms. The van der Waals surface area contributed by atoms with Gasteiger partial charge < -0.3 is 15.5 Å². The zero-order chi connectivity index (χ0) is 14.4. The fraction of sp³-hybridized carbons (Fsp3) is 0.294. The summed E-state index contributed by atoms with van der Waals surface area (Å²) in [4.78, 5) is 0. The molecule has 20 heavy (non-hydrogen) atoms. The molecule has 0 atom stereocenters. The van der Waals surface area contributed by atoms with Crippen molar-refractivity contribution in [1.82, 2.24) is 0 Å². The van der Waals surface area contributed by atoms with Gasteiger partial charge in [-0.3, -0.25) is 0 Å². The van der Waals surface area contributed by atoms with Crippen molar-refractivity contribution in [3.8, 4) is 11.1 Å². The zero-order valence-corrected chi connectivity index (χ0v) is 11.7. The van der Waals surface area contributed by atoms with Gasteiger partial charge in [-0.2, -0.15) is 0 Å². The number of anilines is 1. The molecular weight excluding hydrogens is 250 g/mol. The lowest BCUT2D eigenvalue weighted by Gasteiger charge is -2.26. The van der Waals surface area contributed by atoms with Gasteiger partial charge in [0.15, 0.2) is 0 Å². The van der Waals surface area contributed by atoms with Crippen molar-refractivity contribution in [2.45, 2.75) is 6.92 Å². The topological polar surface area (TPSA) is 52.5 Å². The predicted molar refractivity (Wildman–Crippen MR) is 82.6 cm³/mol. The molecule has 0 aliphatic carbocycles. The number of rotatable bonds is 6. The molecule has 106 valence electrons. The second kappa shape index (κ2) is 6.55. The van der Waals surface area contributed by atoms with Crippen LogP contribution in [-0.4, -0.2) is 30.0 Å². The van der Waals surface area contributed by atoms with Crippen LogP contribution < -0.4 is 5.32 Å². The maximum Gasteiger partial charge on any atom is 0.0523 e. The van der Waals surface area contributed by atoms with Gasteiger partial charge in [-0.1, -0.05) is 55.5 Å². The number of para-hydroxylation sites is 1. The minimum absolute atomic E-state index is 0.0516. The summed E-state index contributed by atoms with van der Waals surface area (Å²) in [5.41, 5.74) is 2.74. The van der Waals surface area contributed by atoms with E-state index in [4.69, 9.17) is 0 Å². The molecule has 0 fully saturated rings. The van der Waals surface area contributed by atoms with E-state index in [1.165, 1.54) is 0 Å². The van der Waals surface area contributed by atoms with E-state index in [1.54, 1.807) is 0 Å². The van der Waals surface area contributed by atoms with Crippen molar-refractivity contribution >= 4 is 5.69 Å². The molecule has 0 spiro atoms. The first kappa shape index (κ1) is 14.6. The van der Waals surface area contributed by atoms with Crippen LogP contribution in [0.2, 0.25) is 0 Å². The summed E-state index contributed by atoms with van der Waals surface area (Å²) in [6, 6.07) is 18.2. The molecule has 0 radical (unpaired) electrons. The molecule has 0 aliphatic rings. The molecule has 3 N–H and O–H groups in total. The Morgan fingerprint density at radius 2 is 1.50 bits per heavy atom. The molecule has 0 aliphatic heterocycles. The van der Waals surface area contributed by atoms with Crippen molar-refractivity contribution in [3.05, 3.63) is 54.6 Å². The van der Waals surface area contributed by atoms with E-state index in [0.717, 1.165) is 16.8 Å². The predicted octanol–water partition coefficient (Wildman–Crippen LogP) is 2.76. The van der Waals surface area contributed by atoms with E-state index in [-0.39, 0.29) is 13.2 Å². The molecule has 2 aromatic rings. The van der Waals surface area contributed by atoms with Gasteiger partial charge in [-0.15, -0.1) is 0 Å². The summed E-state index contributed by atoms with van der Waals surface area (Å²) in [5, 5.41) is 22.0. The Labute approximate surface area is 119 Å². The highest BCUT2D eigenvalue weighted by Gasteiger charge is 2.22. The largest absolute Gasteiger partial charge is 0.396 e. The lowest BCUT2D eigenvalue weighted by molar-refractivity contribution is 0.0807. The van der Waals surface area contributed by atoms with E-state index in [0.29, 0.717) is 6.54 Å². The summed E-state index contributed by atoms with van der Waals surface area (Å²) in [6.07, 6.45) is 0. The molecule has 3 nitrogen and oxygen atoms in total. The molecule has 2 rings (SSSR count). The fourth-order valence-electron chi connectivity index (χ4n) is 1.98. The molecule has 3 heteroatoms. The highest BCUT2D eigenvalue weighted by molar-refractivity contribution is 5.77. The molecular formula is C17H21NO2. The second-order valence-corrected chi connectivity index (χ2v) is 5.39. The molecule has 0 unspecified atom stereocenters. The minimum atomic E-state index is -0.524. The second-order valence-electron chi connectivity index (χ2n) is 5.39. The highest BCUT2D eigenvalue weighted by atomic mass is 16.3. The van der Waals surface area contributed by atoms with Crippen LogP contribution in [0.15, 0.2) is 54.6 Å². The molecule has 0 amide bonds. The smallest absolute Gasteiger partial charge is 0.0523 e. The molecule has 0 saturated carbocycles. The number of hydrogen-bond acceptors (Lipinski definition) is 3. The fourth-order valence-corrected chi connectivity index (χ4v) is 1.98. The van der Waals surface area contributed by atoms with E-state index in [2.05, 4.69) is 23.5 Å². The van der Waals surface area contributed by atoms with Crippen LogP contribution in [0.4, 0.5) is 5.69 Å². The SMILES string of the molecule is CC(CO)(CO)CNc1ccccc1-c1ccccc1. The quantitative estimate of drug-likeness (QED) is 0.757. The summed E-state index contributed by atoms with van der Waals surface area (Å²) < 4.78 is 0. The average Bonchev–Trinajstić information content (AvgIpc) is 2.54. The minimum Gasteiger partial charge on any atom is -0.396 e. The van der Waals surface area contributed by atoms with Crippen molar-refractivity contribution in [3.63, 3.8) is 0 Å². The summed E-state index contributed by atoms with van der Waals surface area (Å²) in [6.45, 7) is 2.27. The van der Waals surface area contributed by atoms with E-state index >= 15 is 0 Å². The van der Waals surface area contributed by atoms with Crippen LogP contribution in [0.5, 0.6) is 0 Å². The number of hydrogen-bond donors (Lipinski definition) is 3. The van der Waals surface area contributed by atoms with Gasteiger partial charge in [-0.05, 0) is 11.6 Å². The van der Waals surface area contributed by atoms with E-state index in [1.807, 2.05) is 43.3 Å². The normalized spacial score (nSPS) is 11.3.